The predicted octanol–water partition coefficient (Wildman–Crippen LogP) is 3.37. The first-order valence-electron chi connectivity index (χ1n) is 9.90. The average molecular weight is 397 g/mol. The van der Waals surface area contributed by atoms with Crippen molar-refractivity contribution < 1.29 is 24.1 Å². The summed E-state index contributed by atoms with van der Waals surface area (Å²) >= 11 is 0. The number of nitrogens with zero attached hydrogens (tertiary/aromatic N) is 1. The average Bonchev–Trinajstić information content (AvgIpc) is 3.04. The molecule has 0 saturated carbocycles. The van der Waals surface area contributed by atoms with E-state index >= 15 is 0 Å². The molecule has 1 N–H and O–H groups in total. The van der Waals surface area contributed by atoms with E-state index in [4.69, 9.17) is 14.2 Å². The Morgan fingerprint density at radius 3 is 2.10 bits per heavy atom. The third-order valence-electron chi connectivity index (χ3n) is 6.26. The lowest BCUT2D eigenvalue weighted by molar-refractivity contribution is -0.0479. The molecule has 0 aromatic heterocycles. The Hall–Kier alpha value is -2.73. The number of methoxy groups -OCH3 is 3. The van der Waals surface area contributed by atoms with Gasteiger partial charge in [0.05, 0.1) is 26.9 Å². The van der Waals surface area contributed by atoms with Crippen LogP contribution in [0.25, 0.3) is 0 Å². The number of fused-ring (bicyclic) bond motifs is 2. The van der Waals surface area contributed by atoms with Crippen molar-refractivity contribution in [3.05, 3.63) is 53.6 Å². The third-order valence-corrected chi connectivity index (χ3v) is 6.26. The molecular formula is C23H27NO5. The highest BCUT2D eigenvalue weighted by molar-refractivity contribution is 5.95. The normalized spacial score (nSPS) is 25.6. The van der Waals surface area contributed by atoms with E-state index in [9.17, 15) is 9.90 Å². The van der Waals surface area contributed by atoms with Crippen molar-refractivity contribution in [3.63, 3.8) is 0 Å². The zero-order chi connectivity index (χ0) is 20.6. The van der Waals surface area contributed by atoms with E-state index < -0.39 is 5.60 Å². The number of carbonyl (C=O) groups is 1. The minimum Gasteiger partial charge on any atom is -0.497 e. The van der Waals surface area contributed by atoms with Gasteiger partial charge in [0, 0.05) is 30.5 Å². The van der Waals surface area contributed by atoms with Gasteiger partial charge in [0.25, 0.3) is 5.91 Å². The van der Waals surface area contributed by atoms with Crippen LogP contribution in [0.2, 0.25) is 0 Å². The quantitative estimate of drug-likeness (QED) is 0.838. The number of piperidine rings is 1. The molecule has 2 aromatic rings. The number of ether oxygens (including phenoxy) is 3. The fourth-order valence-corrected chi connectivity index (χ4v) is 4.81. The summed E-state index contributed by atoms with van der Waals surface area (Å²) in [5.74, 6) is 1.88. The standard InChI is InChI=1S/C23H27NO5/c1-27-19-9-5-16(6-10-19)23(26)13-17-7-8-18(14-23)24(17)22(25)15-4-11-20(28-2)21(12-15)29-3/h4-6,9-12,17-18,26H,7-8,13-14H2,1-3H3. The van der Waals surface area contributed by atoms with Crippen LogP contribution in [0.15, 0.2) is 42.5 Å². The summed E-state index contributed by atoms with van der Waals surface area (Å²) in [4.78, 5) is 15.2. The maximum Gasteiger partial charge on any atom is 0.254 e. The summed E-state index contributed by atoms with van der Waals surface area (Å²) in [6.45, 7) is 0. The number of hydrogen-bond donors (Lipinski definition) is 1. The molecule has 2 aliphatic heterocycles. The molecule has 2 bridgehead atoms. The van der Waals surface area contributed by atoms with Gasteiger partial charge in [-0.1, -0.05) is 12.1 Å². The molecule has 2 aromatic carbocycles. The Labute approximate surface area is 171 Å². The zero-order valence-corrected chi connectivity index (χ0v) is 17.1. The van der Waals surface area contributed by atoms with Crippen LogP contribution in [0.1, 0.15) is 41.6 Å². The first-order chi connectivity index (χ1) is 14.0. The lowest BCUT2D eigenvalue weighted by Crippen LogP contribution is -2.52. The van der Waals surface area contributed by atoms with Gasteiger partial charge in [0.15, 0.2) is 11.5 Å². The van der Waals surface area contributed by atoms with Crippen molar-refractivity contribution in [3.8, 4) is 17.2 Å². The van der Waals surface area contributed by atoms with Gasteiger partial charge in [0.2, 0.25) is 0 Å². The smallest absolute Gasteiger partial charge is 0.254 e. The van der Waals surface area contributed by atoms with Crippen molar-refractivity contribution in [2.45, 2.75) is 43.4 Å². The number of rotatable bonds is 5. The maximum atomic E-state index is 13.3. The molecule has 2 heterocycles. The molecule has 4 rings (SSSR count). The first-order valence-corrected chi connectivity index (χ1v) is 9.90. The summed E-state index contributed by atoms with van der Waals surface area (Å²) in [7, 11) is 4.76. The van der Waals surface area contributed by atoms with E-state index in [0.717, 1.165) is 24.2 Å². The monoisotopic (exact) mass is 397 g/mol. The summed E-state index contributed by atoms with van der Waals surface area (Å²) in [5.41, 5.74) is 0.537. The lowest BCUT2D eigenvalue weighted by atomic mass is 9.80. The molecule has 2 saturated heterocycles. The van der Waals surface area contributed by atoms with Crippen LogP contribution in [-0.4, -0.2) is 49.3 Å². The highest BCUT2D eigenvalue weighted by Crippen LogP contribution is 2.46. The first kappa shape index (κ1) is 19.6. The van der Waals surface area contributed by atoms with Crippen molar-refractivity contribution >= 4 is 5.91 Å². The number of benzene rings is 2. The largest absolute Gasteiger partial charge is 0.497 e. The van der Waals surface area contributed by atoms with Gasteiger partial charge in [-0.15, -0.1) is 0 Å². The van der Waals surface area contributed by atoms with Crippen LogP contribution in [0.4, 0.5) is 0 Å². The fourth-order valence-electron chi connectivity index (χ4n) is 4.81. The summed E-state index contributed by atoms with van der Waals surface area (Å²) < 4.78 is 15.8. The molecule has 29 heavy (non-hydrogen) atoms. The zero-order valence-electron chi connectivity index (χ0n) is 17.1. The molecule has 0 spiro atoms. The predicted molar refractivity (Wildman–Crippen MR) is 109 cm³/mol. The second-order valence-corrected chi connectivity index (χ2v) is 7.84. The molecule has 6 nitrogen and oxygen atoms in total. The molecule has 2 unspecified atom stereocenters. The highest BCUT2D eigenvalue weighted by atomic mass is 16.5. The topological polar surface area (TPSA) is 68.2 Å². The van der Waals surface area contributed by atoms with E-state index in [-0.39, 0.29) is 18.0 Å². The fraction of sp³-hybridized carbons (Fsp3) is 0.435. The Balaban J connectivity index is 1.57. The highest BCUT2D eigenvalue weighted by Gasteiger charge is 2.50. The van der Waals surface area contributed by atoms with Gasteiger partial charge in [-0.3, -0.25) is 4.79 Å². The minimum absolute atomic E-state index is 0.0152. The van der Waals surface area contributed by atoms with Crippen molar-refractivity contribution in [2.24, 2.45) is 0 Å². The van der Waals surface area contributed by atoms with E-state index in [2.05, 4.69) is 0 Å². The van der Waals surface area contributed by atoms with E-state index in [1.807, 2.05) is 29.2 Å². The molecule has 2 atom stereocenters. The van der Waals surface area contributed by atoms with Crippen LogP contribution in [0.5, 0.6) is 17.2 Å². The van der Waals surface area contributed by atoms with E-state index in [1.54, 1.807) is 39.5 Å². The number of aliphatic hydroxyl groups is 1. The van der Waals surface area contributed by atoms with Gasteiger partial charge in [0.1, 0.15) is 5.75 Å². The van der Waals surface area contributed by atoms with Gasteiger partial charge < -0.3 is 24.2 Å². The number of carbonyl (C=O) groups excluding carboxylic acids is 1. The molecule has 0 aliphatic carbocycles. The van der Waals surface area contributed by atoms with Crippen molar-refractivity contribution in [1.29, 1.82) is 0 Å². The number of hydrogen-bond acceptors (Lipinski definition) is 5. The van der Waals surface area contributed by atoms with Crippen LogP contribution >= 0.6 is 0 Å². The van der Waals surface area contributed by atoms with Gasteiger partial charge in [-0.2, -0.15) is 0 Å². The van der Waals surface area contributed by atoms with Gasteiger partial charge >= 0.3 is 0 Å². The SMILES string of the molecule is COc1ccc(C2(O)CC3CCC(C2)N3C(=O)c2ccc(OC)c(OC)c2)cc1. The molecule has 2 fully saturated rings. The summed E-state index contributed by atoms with van der Waals surface area (Å²) in [6.07, 6.45) is 2.88. The summed E-state index contributed by atoms with van der Waals surface area (Å²) in [5, 5.41) is 11.4. The minimum atomic E-state index is -0.924. The van der Waals surface area contributed by atoms with Gasteiger partial charge in [-0.25, -0.2) is 0 Å². The van der Waals surface area contributed by atoms with E-state index in [1.165, 1.54) is 0 Å². The van der Waals surface area contributed by atoms with E-state index in [0.29, 0.717) is 29.9 Å². The van der Waals surface area contributed by atoms with Crippen LogP contribution in [-0.2, 0) is 5.60 Å². The van der Waals surface area contributed by atoms with Crippen LogP contribution in [0, 0.1) is 0 Å². The Kier molecular flexibility index (Phi) is 5.13. The lowest BCUT2D eigenvalue weighted by Gasteiger charge is -2.44. The Bertz CT molecular complexity index is 881. The van der Waals surface area contributed by atoms with Crippen LogP contribution < -0.4 is 14.2 Å². The van der Waals surface area contributed by atoms with Crippen LogP contribution in [0.3, 0.4) is 0 Å². The second kappa shape index (κ2) is 7.59. The maximum absolute atomic E-state index is 13.3. The van der Waals surface area contributed by atoms with Crippen molar-refractivity contribution in [2.75, 3.05) is 21.3 Å². The Morgan fingerprint density at radius 1 is 0.931 bits per heavy atom. The Morgan fingerprint density at radius 2 is 1.55 bits per heavy atom. The molecule has 1 amide bonds. The van der Waals surface area contributed by atoms with Gasteiger partial charge in [-0.05, 0) is 48.7 Å². The molecular weight excluding hydrogens is 370 g/mol. The molecule has 154 valence electrons. The third kappa shape index (κ3) is 3.42. The van der Waals surface area contributed by atoms with Crippen molar-refractivity contribution in [1.82, 2.24) is 4.90 Å². The second-order valence-electron chi connectivity index (χ2n) is 7.84. The molecule has 2 aliphatic rings. The number of amides is 1. The summed E-state index contributed by atoms with van der Waals surface area (Å²) in [6, 6.07) is 12.9. The molecule has 0 radical (unpaired) electrons. The molecule has 6 heteroatoms.